The molecule has 4 rings (SSSR count). The predicted molar refractivity (Wildman–Crippen MR) is 108 cm³/mol. The van der Waals surface area contributed by atoms with E-state index in [0.717, 1.165) is 19.3 Å². The number of hydrogen-bond acceptors (Lipinski definition) is 5. The van der Waals surface area contributed by atoms with E-state index in [9.17, 15) is 19.2 Å². The molecule has 2 fully saturated rings. The monoisotopic (exact) mass is 429 g/mol. The molecule has 156 valence electrons. The second-order valence-corrected chi connectivity index (χ2v) is 7.98. The zero-order valence-electron chi connectivity index (χ0n) is 16.3. The molecule has 2 aromatic rings. The Hall–Kier alpha value is -3.20. The smallest absolute Gasteiger partial charge is 0.322 e. The van der Waals surface area contributed by atoms with Crippen molar-refractivity contribution in [2.45, 2.75) is 44.6 Å². The minimum absolute atomic E-state index is 0.430. The first-order valence-corrected chi connectivity index (χ1v) is 10.0. The summed E-state index contributed by atoms with van der Waals surface area (Å²) in [7, 11) is 0. The highest BCUT2D eigenvalue weighted by molar-refractivity contribution is 6.30. The number of hydrogen-bond donors (Lipinski definition) is 2. The van der Waals surface area contributed by atoms with Gasteiger partial charge in [0.1, 0.15) is 5.54 Å². The van der Waals surface area contributed by atoms with Crippen LogP contribution in [0.25, 0.3) is 5.69 Å². The van der Waals surface area contributed by atoms with Crippen molar-refractivity contribution in [3.63, 3.8) is 0 Å². The highest BCUT2D eigenvalue weighted by Gasteiger charge is 2.52. The number of benzene rings is 1. The van der Waals surface area contributed by atoms with E-state index in [1.54, 1.807) is 31.2 Å². The Morgan fingerprint density at radius 3 is 2.47 bits per heavy atom. The molecule has 0 bridgehead atoms. The fourth-order valence-corrected chi connectivity index (χ4v) is 4.04. The molecule has 2 N–H and O–H groups in total. The van der Waals surface area contributed by atoms with Crippen LogP contribution in [0.1, 0.15) is 48.3 Å². The van der Waals surface area contributed by atoms with E-state index in [1.165, 1.54) is 10.7 Å². The number of carbonyl (C=O) groups is 3. The van der Waals surface area contributed by atoms with Crippen molar-refractivity contribution in [1.29, 1.82) is 0 Å². The van der Waals surface area contributed by atoms with Crippen molar-refractivity contribution in [3.8, 4) is 5.69 Å². The molecule has 1 aromatic carbocycles. The molecule has 30 heavy (non-hydrogen) atoms. The van der Waals surface area contributed by atoms with E-state index < -0.39 is 34.5 Å². The Morgan fingerprint density at radius 2 is 1.80 bits per heavy atom. The summed E-state index contributed by atoms with van der Waals surface area (Å²) in [6, 6.07) is 7.27. The zero-order chi connectivity index (χ0) is 21.5. The number of amides is 4. The van der Waals surface area contributed by atoms with Crippen molar-refractivity contribution in [1.82, 2.24) is 25.5 Å². The number of nitrogens with one attached hydrogen (secondary N) is 2. The topological polar surface area (TPSA) is 113 Å². The second kappa shape index (κ2) is 7.56. The quantitative estimate of drug-likeness (QED) is 0.725. The molecular formula is C20H20ClN5O4. The van der Waals surface area contributed by atoms with Gasteiger partial charge in [0.15, 0.2) is 5.69 Å². The van der Waals surface area contributed by atoms with Gasteiger partial charge in [-0.15, -0.1) is 0 Å². The third-order valence-corrected chi connectivity index (χ3v) is 5.73. The van der Waals surface area contributed by atoms with Crippen LogP contribution in [0.15, 0.2) is 35.1 Å². The molecule has 0 unspecified atom stereocenters. The largest absolute Gasteiger partial charge is 0.344 e. The fourth-order valence-electron chi connectivity index (χ4n) is 3.92. The molecule has 1 spiro atoms. The summed E-state index contributed by atoms with van der Waals surface area (Å²) in [6.07, 6.45) is 3.68. The van der Waals surface area contributed by atoms with Crippen LogP contribution in [-0.2, 0) is 4.79 Å². The summed E-state index contributed by atoms with van der Waals surface area (Å²) in [4.78, 5) is 50.3. The van der Waals surface area contributed by atoms with Gasteiger partial charge in [-0.1, -0.05) is 30.9 Å². The third kappa shape index (κ3) is 3.45. The number of halogens is 1. The summed E-state index contributed by atoms with van der Waals surface area (Å²) in [5.41, 5.74) is 1.33. The molecular weight excluding hydrogens is 410 g/mol. The van der Waals surface area contributed by atoms with Crippen LogP contribution in [0.4, 0.5) is 4.79 Å². The van der Waals surface area contributed by atoms with Gasteiger partial charge >= 0.3 is 6.03 Å². The van der Waals surface area contributed by atoms with Crippen LogP contribution in [0.5, 0.6) is 0 Å². The molecule has 1 saturated carbocycles. The summed E-state index contributed by atoms with van der Waals surface area (Å²) in [5, 5.41) is 8.03. The van der Waals surface area contributed by atoms with Crippen LogP contribution < -0.4 is 16.2 Å². The molecule has 0 atom stereocenters. The van der Waals surface area contributed by atoms with E-state index in [2.05, 4.69) is 15.8 Å². The van der Waals surface area contributed by atoms with Gasteiger partial charge in [0.05, 0.1) is 5.69 Å². The molecule has 10 heteroatoms. The van der Waals surface area contributed by atoms with Crippen LogP contribution in [0, 0.1) is 6.92 Å². The maximum absolute atomic E-state index is 12.8. The van der Waals surface area contributed by atoms with Crippen LogP contribution in [0.2, 0.25) is 5.02 Å². The Balaban J connectivity index is 1.61. The van der Waals surface area contributed by atoms with E-state index in [4.69, 9.17) is 11.6 Å². The molecule has 2 heterocycles. The van der Waals surface area contributed by atoms with E-state index in [-0.39, 0.29) is 0 Å². The molecule has 9 nitrogen and oxygen atoms in total. The summed E-state index contributed by atoms with van der Waals surface area (Å²) in [6.45, 7) is 1.68. The van der Waals surface area contributed by atoms with Gasteiger partial charge in [0.2, 0.25) is 5.43 Å². The third-order valence-electron chi connectivity index (χ3n) is 5.48. The normalized spacial score (nSPS) is 17.9. The van der Waals surface area contributed by atoms with Crippen molar-refractivity contribution in [2.24, 2.45) is 0 Å². The Labute approximate surface area is 177 Å². The summed E-state index contributed by atoms with van der Waals surface area (Å²) < 4.78 is 1.42. The lowest BCUT2D eigenvalue weighted by Gasteiger charge is -2.30. The highest BCUT2D eigenvalue weighted by atomic mass is 35.5. The first-order chi connectivity index (χ1) is 14.3. The highest BCUT2D eigenvalue weighted by Crippen LogP contribution is 2.33. The molecule has 1 aromatic heterocycles. The lowest BCUT2D eigenvalue weighted by molar-refractivity contribution is -0.134. The average Bonchev–Trinajstić information content (AvgIpc) is 2.93. The zero-order valence-corrected chi connectivity index (χ0v) is 17.0. The van der Waals surface area contributed by atoms with Gasteiger partial charge in [-0.3, -0.25) is 19.8 Å². The Morgan fingerprint density at radius 1 is 1.13 bits per heavy atom. The molecule has 4 amide bonds. The second-order valence-electron chi connectivity index (χ2n) is 7.54. The SMILES string of the molecule is Cc1cc(=O)c(C(=O)NN2C(=O)NC3(CCCCC3)C2=O)nn1-c1ccc(Cl)cc1. The minimum Gasteiger partial charge on any atom is -0.322 e. The maximum atomic E-state index is 12.8. The first kappa shape index (κ1) is 20.1. The molecule has 0 radical (unpaired) electrons. The van der Waals surface area contributed by atoms with Crippen molar-refractivity contribution in [3.05, 3.63) is 57.0 Å². The number of carbonyl (C=O) groups excluding carboxylic acids is 3. The van der Waals surface area contributed by atoms with Crippen LogP contribution >= 0.6 is 11.6 Å². The van der Waals surface area contributed by atoms with Gasteiger partial charge < -0.3 is 5.32 Å². The van der Waals surface area contributed by atoms with Gasteiger partial charge in [-0.25, -0.2) is 9.48 Å². The summed E-state index contributed by atoms with van der Waals surface area (Å²) >= 11 is 5.91. The molecule has 1 aliphatic heterocycles. The summed E-state index contributed by atoms with van der Waals surface area (Å²) in [5.74, 6) is -1.44. The van der Waals surface area contributed by atoms with Gasteiger partial charge in [0, 0.05) is 16.8 Å². The van der Waals surface area contributed by atoms with Crippen molar-refractivity contribution < 1.29 is 14.4 Å². The fraction of sp³-hybridized carbons (Fsp3) is 0.350. The van der Waals surface area contributed by atoms with Crippen LogP contribution in [0.3, 0.4) is 0 Å². The van der Waals surface area contributed by atoms with Gasteiger partial charge in [0.25, 0.3) is 11.8 Å². The average molecular weight is 430 g/mol. The lowest BCUT2D eigenvalue weighted by Crippen LogP contribution is -2.51. The number of imide groups is 1. The van der Waals surface area contributed by atoms with E-state index >= 15 is 0 Å². The molecule has 2 aliphatic rings. The minimum atomic E-state index is -0.979. The van der Waals surface area contributed by atoms with Crippen molar-refractivity contribution >= 4 is 29.4 Å². The first-order valence-electron chi connectivity index (χ1n) is 9.65. The standard InChI is InChI=1S/C20H20ClN5O4/c1-12-11-15(27)16(23-25(12)14-7-5-13(21)6-8-14)17(28)24-26-18(29)20(22-19(26)30)9-3-2-4-10-20/h5-8,11H,2-4,9-10H2,1H3,(H,22,30)(H,24,28). The number of urea groups is 1. The number of nitrogens with zero attached hydrogens (tertiary/aromatic N) is 3. The van der Waals surface area contributed by atoms with E-state index in [0.29, 0.717) is 34.3 Å². The number of hydrazine groups is 1. The Bertz CT molecular complexity index is 1090. The van der Waals surface area contributed by atoms with E-state index in [1.807, 2.05) is 0 Å². The molecule has 1 aliphatic carbocycles. The van der Waals surface area contributed by atoms with Gasteiger partial charge in [-0.2, -0.15) is 10.1 Å². The predicted octanol–water partition coefficient (Wildman–Crippen LogP) is 2.09. The van der Waals surface area contributed by atoms with Crippen molar-refractivity contribution in [2.75, 3.05) is 0 Å². The number of aryl methyl sites for hydroxylation is 1. The number of rotatable bonds is 3. The Kier molecular flexibility index (Phi) is 5.07. The maximum Gasteiger partial charge on any atom is 0.344 e. The number of aromatic nitrogens is 2. The molecule has 1 saturated heterocycles. The lowest BCUT2D eigenvalue weighted by atomic mass is 9.82. The van der Waals surface area contributed by atoms with Crippen LogP contribution in [-0.4, -0.2) is 38.2 Å². The van der Waals surface area contributed by atoms with Gasteiger partial charge in [-0.05, 0) is 44.0 Å².